The van der Waals surface area contributed by atoms with Crippen molar-refractivity contribution < 1.29 is 9.32 Å². The number of carbonyl (C=O) groups excluding carboxylic acids is 1. The van der Waals surface area contributed by atoms with Gasteiger partial charge >= 0.3 is 0 Å². The molecule has 2 aliphatic rings. The second-order valence-electron chi connectivity index (χ2n) is 6.09. The molecule has 2 N–H and O–H groups in total. The van der Waals surface area contributed by atoms with Gasteiger partial charge in [0.05, 0.1) is 11.9 Å². The zero-order valence-electron chi connectivity index (χ0n) is 12.2. The molecule has 2 aromatic rings. The van der Waals surface area contributed by atoms with Crippen LogP contribution >= 0.6 is 0 Å². The Morgan fingerprint density at radius 2 is 2.32 bits per heavy atom. The molecular weight excluding hydrogens is 282 g/mol. The van der Waals surface area contributed by atoms with Crippen LogP contribution in [-0.4, -0.2) is 39.0 Å². The van der Waals surface area contributed by atoms with E-state index in [2.05, 4.69) is 15.1 Å². The van der Waals surface area contributed by atoms with E-state index < -0.39 is 0 Å². The maximum absolute atomic E-state index is 12.5. The van der Waals surface area contributed by atoms with Crippen molar-refractivity contribution in [2.75, 3.05) is 18.8 Å². The highest BCUT2D eigenvalue weighted by Gasteiger charge is 2.45. The van der Waals surface area contributed by atoms with E-state index in [9.17, 15) is 4.79 Å². The summed E-state index contributed by atoms with van der Waals surface area (Å²) in [6.07, 6.45) is 7.22. The number of aryl methyl sites for hydroxylation is 1. The number of aromatic nitrogens is 3. The molecule has 0 radical (unpaired) electrons. The third-order valence-corrected chi connectivity index (χ3v) is 4.77. The lowest BCUT2D eigenvalue weighted by atomic mass is 9.77. The summed E-state index contributed by atoms with van der Waals surface area (Å²) < 4.78 is 5.00. The van der Waals surface area contributed by atoms with E-state index in [1.165, 1.54) is 6.20 Å². The molecule has 1 unspecified atom stereocenters. The Balaban J connectivity index is 1.65. The van der Waals surface area contributed by atoms with Crippen molar-refractivity contribution in [1.82, 2.24) is 20.0 Å². The van der Waals surface area contributed by atoms with Gasteiger partial charge in [-0.25, -0.2) is 9.97 Å². The summed E-state index contributed by atoms with van der Waals surface area (Å²) in [5.41, 5.74) is 7.85. The monoisotopic (exact) mass is 299 g/mol. The smallest absolute Gasteiger partial charge is 0.292 e. The third kappa shape index (κ3) is 1.96. The lowest BCUT2D eigenvalue weighted by molar-refractivity contribution is 0.0592. The zero-order valence-corrected chi connectivity index (χ0v) is 12.2. The Bertz CT molecular complexity index is 711. The molecule has 114 valence electrons. The fraction of sp³-hybridized carbons (Fsp3) is 0.467. The quantitative estimate of drug-likeness (QED) is 0.848. The Morgan fingerprint density at radius 3 is 3.14 bits per heavy atom. The number of piperidine rings is 1. The maximum atomic E-state index is 12.5. The average molecular weight is 299 g/mol. The van der Waals surface area contributed by atoms with Crippen LogP contribution in [0.4, 0.5) is 5.95 Å². The molecule has 0 aromatic carbocycles. The van der Waals surface area contributed by atoms with Crippen molar-refractivity contribution >= 4 is 11.9 Å². The van der Waals surface area contributed by atoms with Crippen LogP contribution in [0.3, 0.4) is 0 Å². The van der Waals surface area contributed by atoms with Gasteiger partial charge in [0, 0.05) is 30.8 Å². The van der Waals surface area contributed by atoms with Gasteiger partial charge in [-0.1, -0.05) is 5.16 Å². The molecule has 1 atom stereocenters. The molecule has 4 rings (SSSR count). The van der Waals surface area contributed by atoms with Crippen LogP contribution in [0.25, 0.3) is 0 Å². The highest BCUT2D eigenvalue weighted by atomic mass is 16.5. The van der Waals surface area contributed by atoms with Crippen LogP contribution in [0, 0.1) is 0 Å². The molecule has 1 aliphatic carbocycles. The lowest BCUT2D eigenvalue weighted by Crippen LogP contribution is -2.47. The van der Waals surface area contributed by atoms with E-state index >= 15 is 0 Å². The minimum absolute atomic E-state index is 0.0969. The molecule has 1 saturated heterocycles. The van der Waals surface area contributed by atoms with Crippen LogP contribution in [0.5, 0.6) is 0 Å². The van der Waals surface area contributed by atoms with Gasteiger partial charge in [0.15, 0.2) is 0 Å². The number of anilines is 1. The van der Waals surface area contributed by atoms with Gasteiger partial charge in [-0.2, -0.15) is 0 Å². The largest absolute Gasteiger partial charge is 0.368 e. The predicted octanol–water partition coefficient (Wildman–Crippen LogP) is 1.17. The first kappa shape index (κ1) is 13.2. The van der Waals surface area contributed by atoms with E-state index in [-0.39, 0.29) is 17.1 Å². The zero-order chi connectivity index (χ0) is 15.2. The Kier molecular flexibility index (Phi) is 2.88. The second-order valence-corrected chi connectivity index (χ2v) is 6.09. The Morgan fingerprint density at radius 1 is 1.41 bits per heavy atom. The third-order valence-electron chi connectivity index (χ3n) is 4.77. The van der Waals surface area contributed by atoms with E-state index in [0.717, 1.165) is 43.5 Å². The van der Waals surface area contributed by atoms with Crippen molar-refractivity contribution in [2.45, 2.75) is 31.1 Å². The van der Waals surface area contributed by atoms with Gasteiger partial charge in [0.2, 0.25) is 11.7 Å². The number of nitrogens with two attached hydrogens (primary N) is 1. The number of hydrogen-bond donors (Lipinski definition) is 1. The molecule has 1 amide bonds. The highest BCUT2D eigenvalue weighted by molar-refractivity contribution is 5.91. The molecule has 0 bridgehead atoms. The summed E-state index contributed by atoms with van der Waals surface area (Å²) in [6.45, 7) is 1.38. The Labute approximate surface area is 127 Å². The van der Waals surface area contributed by atoms with E-state index in [1.54, 1.807) is 6.07 Å². The highest BCUT2D eigenvalue weighted by Crippen LogP contribution is 2.44. The summed E-state index contributed by atoms with van der Waals surface area (Å²) in [7, 11) is 0. The Hall–Kier alpha value is -2.44. The van der Waals surface area contributed by atoms with Crippen molar-refractivity contribution in [3.63, 3.8) is 0 Å². The molecule has 1 fully saturated rings. The molecule has 3 heterocycles. The van der Waals surface area contributed by atoms with E-state index in [4.69, 9.17) is 10.3 Å². The number of nitrogens with zero attached hydrogens (tertiary/aromatic N) is 4. The molecular formula is C15H17N5O2. The topological polar surface area (TPSA) is 98.1 Å². The first-order valence-electron chi connectivity index (χ1n) is 7.50. The number of hydrogen-bond acceptors (Lipinski definition) is 6. The van der Waals surface area contributed by atoms with Crippen molar-refractivity contribution in [1.29, 1.82) is 0 Å². The normalized spacial score (nSPS) is 23.7. The summed E-state index contributed by atoms with van der Waals surface area (Å²) in [6, 6.07) is 1.60. The van der Waals surface area contributed by atoms with Gasteiger partial charge in [-0.3, -0.25) is 4.79 Å². The summed E-state index contributed by atoms with van der Waals surface area (Å²) in [4.78, 5) is 22.9. The number of amides is 1. The summed E-state index contributed by atoms with van der Waals surface area (Å²) in [5, 5.41) is 3.62. The molecule has 22 heavy (non-hydrogen) atoms. The number of rotatable bonds is 1. The van der Waals surface area contributed by atoms with Gasteiger partial charge in [-0.15, -0.1) is 0 Å². The van der Waals surface area contributed by atoms with Crippen LogP contribution in [0.15, 0.2) is 23.0 Å². The van der Waals surface area contributed by atoms with Gasteiger partial charge in [0.1, 0.15) is 0 Å². The number of carbonyl (C=O) groups is 1. The summed E-state index contributed by atoms with van der Waals surface area (Å²) >= 11 is 0. The van der Waals surface area contributed by atoms with Crippen LogP contribution in [0.2, 0.25) is 0 Å². The molecule has 7 nitrogen and oxygen atoms in total. The molecule has 1 aliphatic heterocycles. The SMILES string of the molecule is Nc1ncc2c(n1)C1(CCCN(C(=O)c3ccno3)C1)CC2. The molecule has 1 spiro atoms. The van der Waals surface area contributed by atoms with Crippen molar-refractivity contribution in [3.05, 3.63) is 35.5 Å². The van der Waals surface area contributed by atoms with Gasteiger partial charge < -0.3 is 15.2 Å². The standard InChI is InChI=1S/C15H17N5O2/c16-14-17-8-10-2-5-15(12(10)19-14)4-1-7-20(9-15)13(21)11-3-6-18-22-11/h3,6,8H,1-2,4-5,7,9H2,(H2,16,17,19). The molecule has 7 heteroatoms. The molecule has 0 saturated carbocycles. The van der Waals surface area contributed by atoms with Crippen LogP contribution < -0.4 is 5.73 Å². The first-order valence-corrected chi connectivity index (χ1v) is 7.50. The van der Waals surface area contributed by atoms with Crippen molar-refractivity contribution in [3.8, 4) is 0 Å². The number of likely N-dealkylation sites (tertiary alicyclic amines) is 1. The fourth-order valence-corrected chi connectivity index (χ4v) is 3.74. The maximum Gasteiger partial charge on any atom is 0.292 e. The second kappa shape index (κ2) is 4.79. The number of nitrogen functional groups attached to an aromatic ring is 1. The minimum atomic E-state index is -0.105. The van der Waals surface area contributed by atoms with E-state index in [0.29, 0.717) is 12.5 Å². The fourth-order valence-electron chi connectivity index (χ4n) is 3.74. The number of fused-ring (bicyclic) bond motifs is 2. The van der Waals surface area contributed by atoms with Gasteiger partial charge in [-0.05, 0) is 31.2 Å². The van der Waals surface area contributed by atoms with Crippen molar-refractivity contribution in [2.24, 2.45) is 0 Å². The van der Waals surface area contributed by atoms with Crippen LogP contribution in [0.1, 0.15) is 41.1 Å². The summed E-state index contributed by atoms with van der Waals surface area (Å²) in [5.74, 6) is 0.489. The minimum Gasteiger partial charge on any atom is -0.368 e. The lowest BCUT2D eigenvalue weighted by Gasteiger charge is -2.40. The van der Waals surface area contributed by atoms with Gasteiger partial charge in [0.25, 0.3) is 5.91 Å². The predicted molar refractivity (Wildman–Crippen MR) is 78.1 cm³/mol. The molecule has 2 aromatic heterocycles. The average Bonchev–Trinajstić information content (AvgIpc) is 3.17. The van der Waals surface area contributed by atoms with Crippen LogP contribution in [-0.2, 0) is 11.8 Å². The van der Waals surface area contributed by atoms with E-state index in [1.807, 2.05) is 11.1 Å². The first-order chi connectivity index (χ1) is 10.7.